The van der Waals surface area contributed by atoms with Gasteiger partial charge in [-0.3, -0.25) is 9.59 Å². The molecule has 2 aromatic rings. The van der Waals surface area contributed by atoms with Gasteiger partial charge in [0.2, 0.25) is 5.91 Å². The van der Waals surface area contributed by atoms with Gasteiger partial charge in [-0.25, -0.2) is 4.98 Å². The molecule has 0 fully saturated rings. The van der Waals surface area contributed by atoms with E-state index in [0.29, 0.717) is 17.1 Å². The Bertz CT molecular complexity index is 677. The van der Waals surface area contributed by atoms with E-state index in [2.05, 4.69) is 15.6 Å². The van der Waals surface area contributed by atoms with Gasteiger partial charge >= 0.3 is 0 Å². The average Bonchev–Trinajstić information content (AvgIpc) is 2.56. The highest BCUT2D eigenvalue weighted by Crippen LogP contribution is 2.28. The van der Waals surface area contributed by atoms with Crippen LogP contribution in [0.3, 0.4) is 0 Å². The minimum atomic E-state index is -0.600. The molecule has 0 aliphatic rings. The molecule has 6 heteroatoms. The normalized spacial score (nSPS) is 11.6. The molecular formula is C17H19N3O2S. The first-order valence-electron chi connectivity index (χ1n) is 7.38. The number of rotatable bonds is 6. The van der Waals surface area contributed by atoms with E-state index in [0.717, 1.165) is 4.90 Å². The zero-order valence-corrected chi connectivity index (χ0v) is 13.9. The Morgan fingerprint density at radius 3 is 2.61 bits per heavy atom. The summed E-state index contributed by atoms with van der Waals surface area (Å²) in [5.41, 5.74) is 0.456. The molecule has 0 radical (unpaired) electrons. The maximum Gasteiger partial charge on any atom is 0.254 e. The number of aromatic nitrogens is 1. The number of carbonyl (C=O) groups excluding carboxylic acids is 2. The van der Waals surface area contributed by atoms with Crippen molar-refractivity contribution in [2.24, 2.45) is 0 Å². The fourth-order valence-corrected chi connectivity index (χ4v) is 2.81. The number of nitrogens with one attached hydrogen (secondary N) is 2. The van der Waals surface area contributed by atoms with Crippen LogP contribution in [0.25, 0.3) is 0 Å². The minimum Gasteiger partial charge on any atom is -0.355 e. The predicted octanol–water partition coefficient (Wildman–Crippen LogP) is 2.49. The van der Waals surface area contributed by atoms with Gasteiger partial charge in [0.15, 0.2) is 0 Å². The zero-order chi connectivity index (χ0) is 16.7. The zero-order valence-electron chi connectivity index (χ0n) is 13.1. The van der Waals surface area contributed by atoms with Crippen molar-refractivity contribution in [3.05, 3.63) is 54.2 Å². The van der Waals surface area contributed by atoms with Crippen LogP contribution in [0, 0.1) is 0 Å². The highest BCUT2D eigenvalue weighted by Gasteiger charge is 2.19. The highest BCUT2D eigenvalue weighted by molar-refractivity contribution is 7.99. The summed E-state index contributed by atoms with van der Waals surface area (Å²) in [5.74, 6) is -0.516. The van der Waals surface area contributed by atoms with Gasteiger partial charge in [-0.2, -0.15) is 0 Å². The van der Waals surface area contributed by atoms with Gasteiger partial charge in [0.05, 0.1) is 5.56 Å². The maximum atomic E-state index is 12.4. The first kappa shape index (κ1) is 17.0. The fourth-order valence-electron chi connectivity index (χ4n) is 1.91. The summed E-state index contributed by atoms with van der Waals surface area (Å²) in [6, 6.07) is 12.5. The van der Waals surface area contributed by atoms with E-state index in [-0.39, 0.29) is 11.8 Å². The Balaban J connectivity index is 2.13. The van der Waals surface area contributed by atoms with Crippen LogP contribution in [0.1, 0.15) is 24.2 Å². The molecule has 0 aliphatic carbocycles. The molecule has 2 N–H and O–H groups in total. The SMILES string of the molecule is CCNC(=O)[C@@H](C)NC(=O)c1cccnc1Sc1ccccc1. The summed E-state index contributed by atoms with van der Waals surface area (Å²) < 4.78 is 0. The standard InChI is InChI=1S/C17H19N3O2S/c1-3-18-15(21)12(2)20-16(22)14-10-7-11-19-17(14)23-13-8-5-4-6-9-13/h4-12H,3H2,1-2H3,(H,18,21)(H,20,22)/t12-/m1/s1. The molecule has 120 valence electrons. The molecule has 0 saturated heterocycles. The number of pyridine rings is 1. The predicted molar refractivity (Wildman–Crippen MR) is 90.4 cm³/mol. The van der Waals surface area contributed by atoms with E-state index in [1.807, 2.05) is 37.3 Å². The average molecular weight is 329 g/mol. The van der Waals surface area contributed by atoms with E-state index < -0.39 is 6.04 Å². The number of benzene rings is 1. The van der Waals surface area contributed by atoms with Gasteiger partial charge in [-0.05, 0) is 38.1 Å². The third-order valence-electron chi connectivity index (χ3n) is 3.07. The van der Waals surface area contributed by atoms with Crippen molar-refractivity contribution in [2.75, 3.05) is 6.54 Å². The Hall–Kier alpha value is -2.34. The van der Waals surface area contributed by atoms with Gasteiger partial charge in [0.1, 0.15) is 11.1 Å². The quantitative estimate of drug-likeness (QED) is 0.854. The maximum absolute atomic E-state index is 12.4. The summed E-state index contributed by atoms with van der Waals surface area (Å²) in [5, 5.41) is 6.00. The first-order chi connectivity index (χ1) is 11.1. The summed E-state index contributed by atoms with van der Waals surface area (Å²) in [4.78, 5) is 29.5. The Labute approximate surface area is 139 Å². The molecule has 1 aromatic heterocycles. The lowest BCUT2D eigenvalue weighted by molar-refractivity contribution is -0.122. The van der Waals surface area contributed by atoms with Crippen LogP contribution in [0.5, 0.6) is 0 Å². The van der Waals surface area contributed by atoms with Crippen molar-refractivity contribution in [2.45, 2.75) is 29.8 Å². The number of hydrogen-bond donors (Lipinski definition) is 2. The summed E-state index contributed by atoms with van der Waals surface area (Å²) >= 11 is 1.42. The second-order valence-corrected chi connectivity index (χ2v) is 5.92. The smallest absolute Gasteiger partial charge is 0.254 e. The number of amides is 2. The van der Waals surface area contributed by atoms with Crippen LogP contribution >= 0.6 is 11.8 Å². The molecule has 0 spiro atoms. The third-order valence-corrected chi connectivity index (χ3v) is 4.09. The summed E-state index contributed by atoms with van der Waals surface area (Å²) in [7, 11) is 0. The molecular weight excluding hydrogens is 310 g/mol. The molecule has 0 bridgehead atoms. The fraction of sp³-hybridized carbons (Fsp3) is 0.235. The second kappa shape index (κ2) is 8.33. The lowest BCUT2D eigenvalue weighted by atomic mass is 10.2. The molecule has 1 heterocycles. The van der Waals surface area contributed by atoms with Crippen molar-refractivity contribution in [3.8, 4) is 0 Å². The monoisotopic (exact) mass is 329 g/mol. The molecule has 0 unspecified atom stereocenters. The Kier molecular flexibility index (Phi) is 6.17. The topological polar surface area (TPSA) is 71.1 Å². The first-order valence-corrected chi connectivity index (χ1v) is 8.20. The van der Waals surface area contributed by atoms with Crippen molar-refractivity contribution in [1.82, 2.24) is 15.6 Å². The van der Waals surface area contributed by atoms with E-state index in [1.54, 1.807) is 25.3 Å². The van der Waals surface area contributed by atoms with Gasteiger partial charge < -0.3 is 10.6 Å². The number of nitrogens with zero attached hydrogens (tertiary/aromatic N) is 1. The molecule has 5 nitrogen and oxygen atoms in total. The van der Waals surface area contributed by atoms with E-state index in [1.165, 1.54) is 11.8 Å². The van der Waals surface area contributed by atoms with E-state index >= 15 is 0 Å². The van der Waals surface area contributed by atoms with Gasteiger partial charge in [0, 0.05) is 17.6 Å². The van der Waals surface area contributed by atoms with Crippen LogP contribution in [0.15, 0.2) is 58.6 Å². The molecule has 23 heavy (non-hydrogen) atoms. The van der Waals surface area contributed by atoms with Gasteiger partial charge in [-0.15, -0.1) is 0 Å². The van der Waals surface area contributed by atoms with Crippen molar-refractivity contribution in [1.29, 1.82) is 0 Å². The van der Waals surface area contributed by atoms with Crippen LogP contribution in [-0.2, 0) is 4.79 Å². The molecule has 0 aliphatic heterocycles. The largest absolute Gasteiger partial charge is 0.355 e. The van der Waals surface area contributed by atoms with E-state index in [9.17, 15) is 9.59 Å². The molecule has 2 amide bonds. The van der Waals surface area contributed by atoms with Crippen molar-refractivity contribution >= 4 is 23.6 Å². The second-order valence-electron chi connectivity index (χ2n) is 4.86. The van der Waals surface area contributed by atoms with Crippen molar-refractivity contribution < 1.29 is 9.59 Å². The molecule has 1 aromatic carbocycles. The number of likely N-dealkylation sites (N-methyl/N-ethyl adjacent to an activating group) is 1. The Morgan fingerprint density at radius 2 is 1.91 bits per heavy atom. The number of hydrogen-bond acceptors (Lipinski definition) is 4. The van der Waals surface area contributed by atoms with E-state index in [4.69, 9.17) is 0 Å². The summed E-state index contributed by atoms with van der Waals surface area (Å²) in [6.07, 6.45) is 1.65. The van der Waals surface area contributed by atoms with Crippen molar-refractivity contribution in [3.63, 3.8) is 0 Å². The van der Waals surface area contributed by atoms with Gasteiger partial charge in [0.25, 0.3) is 5.91 Å². The summed E-state index contributed by atoms with van der Waals surface area (Å²) in [6.45, 7) is 4.02. The van der Waals surface area contributed by atoms with Crippen LogP contribution in [0.4, 0.5) is 0 Å². The van der Waals surface area contributed by atoms with Gasteiger partial charge in [-0.1, -0.05) is 30.0 Å². The van der Waals surface area contributed by atoms with Crippen LogP contribution in [-0.4, -0.2) is 29.4 Å². The lowest BCUT2D eigenvalue weighted by Gasteiger charge is -2.14. The molecule has 1 atom stereocenters. The third kappa shape index (κ3) is 4.82. The minimum absolute atomic E-state index is 0.206. The lowest BCUT2D eigenvalue weighted by Crippen LogP contribution is -2.44. The van der Waals surface area contributed by atoms with Crippen LogP contribution < -0.4 is 10.6 Å². The molecule has 0 saturated carbocycles. The highest BCUT2D eigenvalue weighted by atomic mass is 32.2. The van der Waals surface area contributed by atoms with Crippen LogP contribution in [0.2, 0.25) is 0 Å². The number of carbonyl (C=O) groups is 2. The Morgan fingerprint density at radius 1 is 1.17 bits per heavy atom. The molecule has 2 rings (SSSR count).